The van der Waals surface area contributed by atoms with Gasteiger partial charge in [0.25, 0.3) is 0 Å². The summed E-state index contributed by atoms with van der Waals surface area (Å²) < 4.78 is 1.94. The minimum absolute atomic E-state index is 0.310. The zero-order chi connectivity index (χ0) is 15.6. The minimum Gasteiger partial charge on any atom is -0.316 e. The Bertz CT molecular complexity index is 635. The Morgan fingerprint density at radius 3 is 2.48 bits per heavy atom. The molecule has 0 amide bonds. The zero-order valence-electron chi connectivity index (χ0n) is 12.9. The number of hydrogen-bond acceptors (Lipinski definition) is 2. The summed E-state index contributed by atoms with van der Waals surface area (Å²) in [6, 6.07) is 5.99. The Labute approximate surface area is 136 Å². The standard InChI is InChI=1S/C16H21Cl2N3/c1-10-15(11(2)21(4)20-10)9-14(19-3)7-12-5-6-13(17)8-16(12)18/h5-6,8,14,19H,7,9H2,1-4H3. The van der Waals surface area contributed by atoms with E-state index in [1.165, 1.54) is 11.3 Å². The van der Waals surface area contributed by atoms with Crippen LogP contribution in [0.4, 0.5) is 0 Å². The van der Waals surface area contributed by atoms with Gasteiger partial charge in [-0.25, -0.2) is 0 Å². The lowest BCUT2D eigenvalue weighted by Crippen LogP contribution is -2.30. The van der Waals surface area contributed by atoms with Gasteiger partial charge in [-0.3, -0.25) is 4.68 Å². The Balaban J connectivity index is 2.17. The maximum Gasteiger partial charge on any atom is 0.0628 e. The summed E-state index contributed by atoms with van der Waals surface area (Å²) in [6.07, 6.45) is 1.79. The molecule has 2 rings (SSSR count). The van der Waals surface area contributed by atoms with Crippen molar-refractivity contribution in [1.29, 1.82) is 0 Å². The molecule has 1 N–H and O–H groups in total. The molecule has 0 aliphatic carbocycles. The van der Waals surface area contributed by atoms with E-state index < -0.39 is 0 Å². The van der Waals surface area contributed by atoms with E-state index in [1.807, 2.05) is 30.9 Å². The average Bonchev–Trinajstić information content (AvgIpc) is 2.67. The maximum absolute atomic E-state index is 6.27. The highest BCUT2D eigenvalue weighted by Crippen LogP contribution is 2.23. The molecule has 1 heterocycles. The number of aryl methyl sites for hydroxylation is 2. The highest BCUT2D eigenvalue weighted by Gasteiger charge is 2.16. The van der Waals surface area contributed by atoms with Crippen LogP contribution in [-0.4, -0.2) is 22.9 Å². The van der Waals surface area contributed by atoms with Crippen LogP contribution in [-0.2, 0) is 19.9 Å². The largest absolute Gasteiger partial charge is 0.316 e. The Hall–Kier alpha value is -1.03. The lowest BCUT2D eigenvalue weighted by molar-refractivity contribution is 0.554. The van der Waals surface area contributed by atoms with Gasteiger partial charge in [0.2, 0.25) is 0 Å². The van der Waals surface area contributed by atoms with E-state index in [1.54, 1.807) is 6.07 Å². The van der Waals surface area contributed by atoms with Crippen LogP contribution in [0.5, 0.6) is 0 Å². The van der Waals surface area contributed by atoms with Gasteiger partial charge in [0.05, 0.1) is 5.69 Å². The quantitative estimate of drug-likeness (QED) is 0.908. The number of nitrogens with one attached hydrogen (secondary N) is 1. The van der Waals surface area contributed by atoms with E-state index in [0.717, 1.165) is 29.1 Å². The van der Waals surface area contributed by atoms with Gasteiger partial charge in [0.1, 0.15) is 0 Å². The molecule has 1 aromatic heterocycles. The van der Waals surface area contributed by atoms with Crippen molar-refractivity contribution in [1.82, 2.24) is 15.1 Å². The maximum atomic E-state index is 6.27. The van der Waals surface area contributed by atoms with Crippen LogP contribution in [0.3, 0.4) is 0 Å². The lowest BCUT2D eigenvalue weighted by atomic mass is 9.98. The van der Waals surface area contributed by atoms with E-state index in [4.69, 9.17) is 23.2 Å². The van der Waals surface area contributed by atoms with Crippen LogP contribution in [0, 0.1) is 13.8 Å². The molecule has 1 atom stereocenters. The van der Waals surface area contributed by atoms with E-state index in [-0.39, 0.29) is 0 Å². The van der Waals surface area contributed by atoms with Gasteiger partial charge in [-0.05, 0) is 57.0 Å². The molecule has 1 aromatic carbocycles. The second-order valence-corrected chi connectivity index (χ2v) is 6.25. The number of hydrogen-bond donors (Lipinski definition) is 1. The first-order chi connectivity index (χ1) is 9.92. The molecule has 5 heteroatoms. The topological polar surface area (TPSA) is 29.9 Å². The summed E-state index contributed by atoms with van der Waals surface area (Å²) in [5.74, 6) is 0. The van der Waals surface area contributed by atoms with Gasteiger partial charge in [-0.1, -0.05) is 29.3 Å². The number of benzene rings is 1. The number of likely N-dealkylation sites (N-methyl/N-ethyl adjacent to an activating group) is 1. The van der Waals surface area contributed by atoms with Gasteiger partial charge < -0.3 is 5.32 Å². The summed E-state index contributed by atoms with van der Waals surface area (Å²) in [5.41, 5.74) is 4.73. The van der Waals surface area contributed by atoms with Crippen molar-refractivity contribution in [3.8, 4) is 0 Å². The van der Waals surface area contributed by atoms with Crippen molar-refractivity contribution in [2.24, 2.45) is 7.05 Å². The molecular weight excluding hydrogens is 305 g/mol. The fourth-order valence-electron chi connectivity index (χ4n) is 2.59. The third kappa shape index (κ3) is 3.79. The first-order valence-electron chi connectivity index (χ1n) is 7.02. The van der Waals surface area contributed by atoms with Crippen molar-refractivity contribution >= 4 is 23.2 Å². The average molecular weight is 326 g/mol. The van der Waals surface area contributed by atoms with E-state index in [2.05, 4.69) is 24.3 Å². The molecule has 0 aliphatic heterocycles. The second-order valence-electron chi connectivity index (χ2n) is 5.40. The van der Waals surface area contributed by atoms with E-state index in [0.29, 0.717) is 11.1 Å². The third-order valence-corrected chi connectivity index (χ3v) is 4.59. The van der Waals surface area contributed by atoms with Crippen molar-refractivity contribution < 1.29 is 0 Å². The molecule has 0 radical (unpaired) electrons. The van der Waals surface area contributed by atoms with Crippen LogP contribution in [0.15, 0.2) is 18.2 Å². The molecule has 2 aromatic rings. The molecule has 1 unspecified atom stereocenters. The number of rotatable bonds is 5. The molecule has 21 heavy (non-hydrogen) atoms. The van der Waals surface area contributed by atoms with Crippen molar-refractivity contribution in [2.45, 2.75) is 32.7 Å². The third-order valence-electron chi connectivity index (χ3n) is 4.00. The molecule has 0 saturated carbocycles. The molecule has 0 aliphatic rings. The lowest BCUT2D eigenvalue weighted by Gasteiger charge is -2.17. The van der Waals surface area contributed by atoms with E-state index in [9.17, 15) is 0 Å². The molecule has 0 bridgehead atoms. The summed E-state index contributed by atoms with van der Waals surface area (Å²) in [5, 5.41) is 9.25. The second kappa shape index (κ2) is 6.82. The number of halogens is 2. The minimum atomic E-state index is 0.310. The van der Waals surface area contributed by atoms with Crippen molar-refractivity contribution in [3.63, 3.8) is 0 Å². The highest BCUT2D eigenvalue weighted by molar-refractivity contribution is 6.35. The molecule has 3 nitrogen and oxygen atoms in total. The van der Waals surface area contributed by atoms with E-state index >= 15 is 0 Å². The molecule has 0 fully saturated rings. The van der Waals surface area contributed by atoms with Crippen molar-refractivity contribution in [2.75, 3.05) is 7.05 Å². The summed E-state index contributed by atoms with van der Waals surface area (Å²) in [6.45, 7) is 4.17. The first kappa shape index (κ1) is 16.3. The fourth-order valence-corrected chi connectivity index (χ4v) is 3.07. The molecule has 0 saturated heterocycles. The summed E-state index contributed by atoms with van der Waals surface area (Å²) in [7, 11) is 3.96. The zero-order valence-corrected chi connectivity index (χ0v) is 14.4. The highest BCUT2D eigenvalue weighted by atomic mass is 35.5. The monoisotopic (exact) mass is 325 g/mol. The van der Waals surface area contributed by atoms with Crippen LogP contribution in [0.25, 0.3) is 0 Å². The van der Waals surface area contributed by atoms with Gasteiger partial charge in [0.15, 0.2) is 0 Å². The fraction of sp³-hybridized carbons (Fsp3) is 0.438. The molecular formula is C16H21Cl2N3. The van der Waals surface area contributed by atoms with Crippen LogP contribution in [0.2, 0.25) is 10.0 Å². The molecule has 114 valence electrons. The summed E-state index contributed by atoms with van der Waals surface area (Å²) in [4.78, 5) is 0. The van der Waals surface area contributed by atoms with Crippen molar-refractivity contribution in [3.05, 3.63) is 50.8 Å². The SMILES string of the molecule is CNC(Cc1ccc(Cl)cc1Cl)Cc1c(C)nn(C)c1C. The first-order valence-corrected chi connectivity index (χ1v) is 7.78. The summed E-state index contributed by atoms with van der Waals surface area (Å²) >= 11 is 12.2. The Morgan fingerprint density at radius 2 is 1.95 bits per heavy atom. The predicted molar refractivity (Wildman–Crippen MR) is 89.4 cm³/mol. The number of aromatic nitrogens is 2. The van der Waals surface area contributed by atoms with Gasteiger partial charge in [-0.15, -0.1) is 0 Å². The Kier molecular flexibility index (Phi) is 5.31. The smallest absolute Gasteiger partial charge is 0.0628 e. The normalized spacial score (nSPS) is 12.7. The van der Waals surface area contributed by atoms with Crippen LogP contribution >= 0.6 is 23.2 Å². The van der Waals surface area contributed by atoms with Gasteiger partial charge >= 0.3 is 0 Å². The van der Waals surface area contributed by atoms with Gasteiger partial charge in [-0.2, -0.15) is 5.10 Å². The van der Waals surface area contributed by atoms with Crippen LogP contribution in [0.1, 0.15) is 22.5 Å². The van der Waals surface area contributed by atoms with Crippen LogP contribution < -0.4 is 5.32 Å². The number of nitrogens with zero attached hydrogens (tertiary/aromatic N) is 2. The molecule has 0 spiro atoms. The van der Waals surface area contributed by atoms with Gasteiger partial charge in [0, 0.05) is 28.8 Å². The predicted octanol–water partition coefficient (Wildman–Crippen LogP) is 3.72. The Morgan fingerprint density at radius 1 is 1.24 bits per heavy atom.